The van der Waals surface area contributed by atoms with Gasteiger partial charge in [-0.2, -0.15) is 0 Å². The summed E-state index contributed by atoms with van der Waals surface area (Å²) >= 11 is 0. The van der Waals surface area contributed by atoms with Gasteiger partial charge in [-0.1, -0.05) is 200 Å². The Hall–Kier alpha value is -8.98. The second kappa shape index (κ2) is 16.5. The van der Waals surface area contributed by atoms with Crippen LogP contribution in [0.15, 0.2) is 267 Å². The molecule has 1 heterocycles. The normalized spacial score (nSPS) is 11.5. The standard InChI is InChI=1S/C66H44N2/c1-2-19-52(20-3-1)68-64-29-11-10-26-62(64)66-59(28-14-30-65(66)68)50-18-12-21-55(43-50)67(54-41-37-49(38-42-54)63-44-51-16-5-7-23-58(51)60-24-8-9-25-61(60)63)53-39-35-46(36-40-53)45-31-33-48(34-32-45)57-27-13-17-47-15-4-6-22-56(47)57/h1-44H. The lowest BCUT2D eigenvalue weighted by Gasteiger charge is -2.26. The molecule has 318 valence electrons. The van der Waals surface area contributed by atoms with Crippen LogP contribution < -0.4 is 4.90 Å². The highest BCUT2D eigenvalue weighted by molar-refractivity contribution is 6.16. The van der Waals surface area contributed by atoms with Gasteiger partial charge >= 0.3 is 0 Å². The third-order valence-corrected chi connectivity index (χ3v) is 13.8. The van der Waals surface area contributed by atoms with E-state index >= 15 is 0 Å². The zero-order valence-electron chi connectivity index (χ0n) is 37.3. The molecule has 0 amide bonds. The van der Waals surface area contributed by atoms with Crippen LogP contribution >= 0.6 is 0 Å². The molecule has 0 unspecified atom stereocenters. The van der Waals surface area contributed by atoms with Crippen LogP contribution in [0.25, 0.3) is 104 Å². The average Bonchev–Trinajstić information content (AvgIpc) is 3.76. The van der Waals surface area contributed by atoms with Gasteiger partial charge in [0.05, 0.1) is 11.0 Å². The zero-order chi connectivity index (χ0) is 45.0. The molecule has 0 spiro atoms. The maximum absolute atomic E-state index is 2.40. The van der Waals surface area contributed by atoms with Gasteiger partial charge in [0.25, 0.3) is 0 Å². The minimum Gasteiger partial charge on any atom is -0.310 e. The Labute approximate surface area is 395 Å². The van der Waals surface area contributed by atoms with Crippen molar-refractivity contribution >= 4 is 71.2 Å². The molecular weight excluding hydrogens is 821 g/mol. The number of benzene rings is 12. The number of fused-ring (bicyclic) bond motifs is 7. The summed E-state index contributed by atoms with van der Waals surface area (Å²) in [5.74, 6) is 0. The fourth-order valence-electron chi connectivity index (χ4n) is 10.6. The van der Waals surface area contributed by atoms with Gasteiger partial charge in [-0.05, 0) is 144 Å². The molecule has 0 saturated carbocycles. The van der Waals surface area contributed by atoms with Crippen molar-refractivity contribution in [3.8, 4) is 50.2 Å². The largest absolute Gasteiger partial charge is 0.310 e. The predicted molar refractivity (Wildman–Crippen MR) is 290 cm³/mol. The Bertz CT molecular complexity index is 3990. The highest BCUT2D eigenvalue weighted by Crippen LogP contribution is 2.43. The summed E-state index contributed by atoms with van der Waals surface area (Å²) in [6.45, 7) is 0. The van der Waals surface area contributed by atoms with E-state index in [9.17, 15) is 0 Å². The first-order valence-electron chi connectivity index (χ1n) is 23.4. The van der Waals surface area contributed by atoms with Gasteiger partial charge < -0.3 is 9.47 Å². The molecular formula is C66H44N2. The smallest absolute Gasteiger partial charge is 0.0547 e. The SMILES string of the molecule is c1ccc(-n2c3ccccc3c3c(-c4cccc(N(c5ccc(-c6ccc(-c7cccc8ccccc78)cc6)cc5)c5ccc(-c6cc7ccccc7c7ccccc67)cc5)c4)cccc32)cc1. The van der Waals surface area contributed by atoms with E-state index in [1.165, 1.54) is 93.1 Å². The summed E-state index contributed by atoms with van der Waals surface area (Å²) in [4.78, 5) is 2.40. The minimum atomic E-state index is 1.08. The number of para-hydroxylation sites is 2. The van der Waals surface area contributed by atoms with Crippen molar-refractivity contribution in [1.82, 2.24) is 4.57 Å². The van der Waals surface area contributed by atoms with Crippen LogP contribution in [0, 0.1) is 0 Å². The molecule has 0 atom stereocenters. The maximum atomic E-state index is 2.40. The van der Waals surface area contributed by atoms with Crippen molar-refractivity contribution in [2.45, 2.75) is 0 Å². The van der Waals surface area contributed by atoms with Gasteiger partial charge in [0.1, 0.15) is 0 Å². The molecule has 13 aromatic rings. The van der Waals surface area contributed by atoms with Gasteiger partial charge in [-0.25, -0.2) is 0 Å². The summed E-state index contributed by atoms with van der Waals surface area (Å²) in [5, 5.41) is 10.1. The average molecular weight is 865 g/mol. The molecule has 0 aliphatic rings. The van der Waals surface area contributed by atoms with E-state index in [4.69, 9.17) is 0 Å². The zero-order valence-corrected chi connectivity index (χ0v) is 37.3. The monoisotopic (exact) mass is 864 g/mol. The third-order valence-electron chi connectivity index (χ3n) is 13.8. The van der Waals surface area contributed by atoms with Gasteiger partial charge in [0.15, 0.2) is 0 Å². The van der Waals surface area contributed by atoms with Gasteiger partial charge in [0, 0.05) is 33.5 Å². The van der Waals surface area contributed by atoms with Crippen molar-refractivity contribution in [3.63, 3.8) is 0 Å². The van der Waals surface area contributed by atoms with Crippen molar-refractivity contribution in [1.29, 1.82) is 0 Å². The molecule has 0 radical (unpaired) electrons. The van der Waals surface area contributed by atoms with E-state index in [2.05, 4.69) is 276 Å². The summed E-state index contributed by atoms with van der Waals surface area (Å²) in [6.07, 6.45) is 0. The highest BCUT2D eigenvalue weighted by atomic mass is 15.1. The van der Waals surface area contributed by atoms with Crippen molar-refractivity contribution in [3.05, 3.63) is 267 Å². The predicted octanol–water partition coefficient (Wildman–Crippen LogP) is 18.4. The third kappa shape index (κ3) is 6.73. The Balaban J connectivity index is 0.922. The van der Waals surface area contributed by atoms with Crippen LogP contribution in [0.3, 0.4) is 0 Å². The molecule has 2 nitrogen and oxygen atoms in total. The first kappa shape index (κ1) is 39.4. The van der Waals surface area contributed by atoms with E-state index in [0.717, 1.165) is 28.3 Å². The molecule has 1 aromatic heterocycles. The van der Waals surface area contributed by atoms with E-state index in [0.29, 0.717) is 0 Å². The second-order valence-electron chi connectivity index (χ2n) is 17.7. The Morgan fingerprint density at radius 2 is 0.765 bits per heavy atom. The first-order chi connectivity index (χ1) is 33.7. The minimum absolute atomic E-state index is 1.08. The molecule has 0 saturated heterocycles. The number of hydrogen-bond donors (Lipinski definition) is 0. The van der Waals surface area contributed by atoms with Crippen LogP contribution in [0.1, 0.15) is 0 Å². The first-order valence-corrected chi connectivity index (χ1v) is 23.4. The Morgan fingerprint density at radius 1 is 0.250 bits per heavy atom. The molecule has 0 fully saturated rings. The van der Waals surface area contributed by atoms with Crippen LogP contribution in [0.2, 0.25) is 0 Å². The summed E-state index contributed by atoms with van der Waals surface area (Å²) in [5.41, 5.74) is 16.4. The molecule has 0 aliphatic carbocycles. The van der Waals surface area contributed by atoms with E-state index in [1.807, 2.05) is 0 Å². The lowest BCUT2D eigenvalue weighted by atomic mass is 9.93. The molecule has 0 bridgehead atoms. The molecule has 13 rings (SSSR count). The maximum Gasteiger partial charge on any atom is 0.0547 e. The van der Waals surface area contributed by atoms with Gasteiger partial charge in [-0.15, -0.1) is 0 Å². The van der Waals surface area contributed by atoms with Crippen molar-refractivity contribution in [2.24, 2.45) is 0 Å². The number of rotatable bonds is 8. The molecule has 2 heteroatoms. The summed E-state index contributed by atoms with van der Waals surface area (Å²) < 4.78 is 2.39. The molecule has 0 aliphatic heterocycles. The lowest BCUT2D eigenvalue weighted by Crippen LogP contribution is -2.10. The quantitative estimate of drug-likeness (QED) is 0.138. The summed E-state index contributed by atoms with van der Waals surface area (Å²) in [6, 6.07) is 97.4. The summed E-state index contributed by atoms with van der Waals surface area (Å²) in [7, 11) is 0. The fourth-order valence-corrected chi connectivity index (χ4v) is 10.6. The second-order valence-corrected chi connectivity index (χ2v) is 17.7. The van der Waals surface area contributed by atoms with Gasteiger partial charge in [0.2, 0.25) is 0 Å². The fraction of sp³-hybridized carbons (Fsp3) is 0. The van der Waals surface area contributed by atoms with Crippen molar-refractivity contribution in [2.75, 3.05) is 4.90 Å². The topological polar surface area (TPSA) is 8.17 Å². The highest BCUT2D eigenvalue weighted by Gasteiger charge is 2.19. The number of aromatic nitrogens is 1. The van der Waals surface area contributed by atoms with E-state index < -0.39 is 0 Å². The van der Waals surface area contributed by atoms with E-state index in [-0.39, 0.29) is 0 Å². The van der Waals surface area contributed by atoms with Gasteiger partial charge in [-0.3, -0.25) is 0 Å². The molecule has 0 N–H and O–H groups in total. The van der Waals surface area contributed by atoms with Crippen molar-refractivity contribution < 1.29 is 0 Å². The molecule has 68 heavy (non-hydrogen) atoms. The number of nitrogens with zero attached hydrogens (tertiary/aromatic N) is 2. The number of hydrogen-bond acceptors (Lipinski definition) is 1. The van der Waals surface area contributed by atoms with Crippen LogP contribution in [-0.2, 0) is 0 Å². The van der Waals surface area contributed by atoms with Crippen LogP contribution in [0.4, 0.5) is 17.1 Å². The van der Waals surface area contributed by atoms with Crippen LogP contribution in [-0.4, -0.2) is 4.57 Å². The number of anilines is 3. The van der Waals surface area contributed by atoms with E-state index in [1.54, 1.807) is 0 Å². The van der Waals surface area contributed by atoms with Crippen LogP contribution in [0.5, 0.6) is 0 Å². The Kier molecular flexibility index (Phi) is 9.54. The molecule has 12 aromatic carbocycles. The lowest BCUT2D eigenvalue weighted by molar-refractivity contribution is 1.18. The Morgan fingerprint density at radius 3 is 1.53 bits per heavy atom.